The lowest BCUT2D eigenvalue weighted by atomic mass is 10.2. The summed E-state index contributed by atoms with van der Waals surface area (Å²) in [5.41, 5.74) is 0.588. The molecule has 4 nitrogen and oxygen atoms in total. The molecule has 1 aliphatic heterocycles. The molecule has 1 atom stereocenters. The molecule has 1 unspecified atom stereocenters. The minimum atomic E-state index is -0.291. The predicted molar refractivity (Wildman–Crippen MR) is 63.8 cm³/mol. The first kappa shape index (κ1) is 13.7. The second-order valence-electron chi connectivity index (χ2n) is 3.68. The van der Waals surface area contributed by atoms with Gasteiger partial charge >= 0.3 is 5.97 Å². The van der Waals surface area contributed by atoms with Gasteiger partial charge in [-0.2, -0.15) is 0 Å². The van der Waals surface area contributed by atoms with Crippen LogP contribution in [0.25, 0.3) is 0 Å². The summed E-state index contributed by atoms with van der Waals surface area (Å²) >= 11 is 0. The zero-order valence-corrected chi connectivity index (χ0v) is 9.96. The van der Waals surface area contributed by atoms with Gasteiger partial charge in [0.05, 0.1) is 25.4 Å². The minimum absolute atomic E-state index is 0.291. The van der Waals surface area contributed by atoms with Crippen molar-refractivity contribution in [2.75, 3.05) is 20.3 Å². The summed E-state index contributed by atoms with van der Waals surface area (Å²) in [5.74, 6) is -0.291. The van der Waals surface area contributed by atoms with Crippen molar-refractivity contribution in [3.8, 4) is 0 Å². The lowest BCUT2D eigenvalue weighted by molar-refractivity contribution is 0.0600. The molecule has 4 heteroatoms. The van der Waals surface area contributed by atoms with Crippen LogP contribution in [-0.2, 0) is 9.47 Å². The first-order valence-corrected chi connectivity index (χ1v) is 5.63. The Balaban J connectivity index is 0.000000181. The summed E-state index contributed by atoms with van der Waals surface area (Å²) in [6.07, 6.45) is 2.42. The molecule has 1 aromatic carbocycles. The summed E-state index contributed by atoms with van der Waals surface area (Å²) in [6, 6.07) is 8.88. The number of hydrogen-bond donors (Lipinski definition) is 1. The van der Waals surface area contributed by atoms with Crippen LogP contribution in [0.1, 0.15) is 23.2 Å². The first-order valence-electron chi connectivity index (χ1n) is 5.63. The normalized spacial score (nSPS) is 16.7. The number of ether oxygens (including phenoxy) is 2. The van der Waals surface area contributed by atoms with Crippen molar-refractivity contribution in [1.29, 1.82) is 0 Å². The van der Waals surface area contributed by atoms with Crippen molar-refractivity contribution in [3.63, 3.8) is 0 Å². The van der Waals surface area contributed by atoms with Crippen LogP contribution in [-0.4, -0.2) is 37.5 Å². The predicted octanol–water partition coefficient (Wildman–Crippen LogP) is 1.63. The van der Waals surface area contributed by atoms with Crippen LogP contribution in [0.3, 0.4) is 0 Å². The molecule has 0 aromatic heterocycles. The Morgan fingerprint density at radius 2 is 2.12 bits per heavy atom. The Labute approximate surface area is 101 Å². The smallest absolute Gasteiger partial charge is 0.337 e. The van der Waals surface area contributed by atoms with Crippen LogP contribution in [0, 0.1) is 0 Å². The zero-order chi connectivity index (χ0) is 12.5. The maximum Gasteiger partial charge on any atom is 0.337 e. The van der Waals surface area contributed by atoms with Crippen LogP contribution in [0.5, 0.6) is 0 Å². The van der Waals surface area contributed by atoms with Gasteiger partial charge in [-0.3, -0.25) is 0 Å². The van der Waals surface area contributed by atoms with E-state index in [0.717, 1.165) is 19.4 Å². The molecule has 2 rings (SSSR count). The third-order valence-corrected chi connectivity index (χ3v) is 2.28. The summed E-state index contributed by atoms with van der Waals surface area (Å²) in [5, 5.41) is 8.29. The Morgan fingerprint density at radius 3 is 2.59 bits per heavy atom. The van der Waals surface area contributed by atoms with Gasteiger partial charge in [-0.25, -0.2) is 4.79 Å². The minimum Gasteiger partial charge on any atom is -0.465 e. The molecule has 1 N–H and O–H groups in total. The van der Waals surface area contributed by atoms with Gasteiger partial charge in [-0.05, 0) is 25.0 Å². The maximum absolute atomic E-state index is 10.8. The van der Waals surface area contributed by atoms with Crippen LogP contribution >= 0.6 is 0 Å². The highest BCUT2D eigenvalue weighted by Crippen LogP contribution is 2.14. The number of hydrogen-bond acceptors (Lipinski definition) is 4. The van der Waals surface area contributed by atoms with Crippen LogP contribution in [0.2, 0.25) is 0 Å². The molecule has 17 heavy (non-hydrogen) atoms. The monoisotopic (exact) mass is 238 g/mol. The fourth-order valence-electron chi connectivity index (χ4n) is 1.25. The molecule has 1 fully saturated rings. The Hall–Kier alpha value is -1.39. The number of methoxy groups -OCH3 is 1. The third kappa shape index (κ3) is 6.04. The number of rotatable bonds is 4. The van der Waals surface area contributed by atoms with E-state index in [0.29, 0.717) is 18.3 Å². The lowest BCUT2D eigenvalue weighted by Gasteiger charge is -1.95. The zero-order valence-electron chi connectivity index (χ0n) is 9.96. The van der Waals surface area contributed by atoms with Gasteiger partial charge in [0.15, 0.2) is 0 Å². The fraction of sp³-hybridized carbons (Fsp3) is 0.462. The van der Waals surface area contributed by atoms with E-state index < -0.39 is 0 Å². The van der Waals surface area contributed by atoms with Crippen LogP contribution < -0.4 is 0 Å². The third-order valence-electron chi connectivity index (χ3n) is 2.28. The molecule has 0 saturated carbocycles. The van der Waals surface area contributed by atoms with E-state index in [9.17, 15) is 4.79 Å². The molecule has 0 bridgehead atoms. The van der Waals surface area contributed by atoms with Gasteiger partial charge < -0.3 is 14.6 Å². The quantitative estimate of drug-likeness (QED) is 0.640. The number of aliphatic hydroxyl groups excluding tert-OH is 1. The molecule has 1 heterocycles. The molecule has 0 radical (unpaired) electrons. The van der Waals surface area contributed by atoms with E-state index in [2.05, 4.69) is 4.74 Å². The molecular weight excluding hydrogens is 220 g/mol. The van der Waals surface area contributed by atoms with E-state index in [-0.39, 0.29) is 5.97 Å². The van der Waals surface area contributed by atoms with Crippen molar-refractivity contribution >= 4 is 5.97 Å². The van der Waals surface area contributed by atoms with Crippen molar-refractivity contribution < 1.29 is 19.4 Å². The lowest BCUT2D eigenvalue weighted by Crippen LogP contribution is -1.99. The van der Waals surface area contributed by atoms with Gasteiger partial charge in [-0.1, -0.05) is 18.2 Å². The molecule has 0 spiro atoms. The SMILES string of the molecule is COC(=O)c1ccccc1.OCCCC1CO1. The van der Waals surface area contributed by atoms with Crippen molar-refractivity contribution in [2.45, 2.75) is 18.9 Å². The molecule has 0 amide bonds. The largest absolute Gasteiger partial charge is 0.465 e. The second-order valence-corrected chi connectivity index (χ2v) is 3.68. The van der Waals surface area contributed by atoms with Gasteiger partial charge in [0, 0.05) is 6.61 Å². The van der Waals surface area contributed by atoms with Gasteiger partial charge in [0.25, 0.3) is 0 Å². The Morgan fingerprint density at radius 1 is 1.47 bits per heavy atom. The van der Waals surface area contributed by atoms with Gasteiger partial charge in [0.2, 0.25) is 0 Å². The number of epoxide rings is 1. The average molecular weight is 238 g/mol. The topological polar surface area (TPSA) is 59.1 Å². The first-order chi connectivity index (χ1) is 8.27. The summed E-state index contributed by atoms with van der Waals surface area (Å²) < 4.78 is 9.40. The molecule has 0 aliphatic carbocycles. The number of benzene rings is 1. The highest BCUT2D eigenvalue weighted by atomic mass is 16.6. The fourth-order valence-corrected chi connectivity index (χ4v) is 1.25. The molecule has 1 aromatic rings. The number of aliphatic hydroxyl groups is 1. The number of carbonyl (C=O) groups excluding carboxylic acids is 1. The highest BCUT2D eigenvalue weighted by molar-refractivity contribution is 5.89. The van der Waals surface area contributed by atoms with E-state index in [1.54, 1.807) is 24.3 Å². The standard InChI is InChI=1S/C8H8O2.C5H10O2/c1-10-8(9)7-5-3-2-4-6-7;6-3-1-2-5-4-7-5/h2-6H,1H3;5-6H,1-4H2. The van der Waals surface area contributed by atoms with Crippen LogP contribution in [0.15, 0.2) is 30.3 Å². The van der Waals surface area contributed by atoms with Crippen molar-refractivity contribution in [1.82, 2.24) is 0 Å². The molecule has 94 valence electrons. The van der Waals surface area contributed by atoms with E-state index >= 15 is 0 Å². The van der Waals surface area contributed by atoms with Crippen molar-refractivity contribution in [3.05, 3.63) is 35.9 Å². The van der Waals surface area contributed by atoms with Crippen molar-refractivity contribution in [2.24, 2.45) is 0 Å². The summed E-state index contributed by atoms with van der Waals surface area (Å²) in [7, 11) is 1.37. The van der Waals surface area contributed by atoms with E-state index in [1.807, 2.05) is 6.07 Å². The second kappa shape index (κ2) is 7.81. The maximum atomic E-state index is 10.8. The highest BCUT2D eigenvalue weighted by Gasteiger charge is 2.20. The summed E-state index contributed by atoms with van der Waals surface area (Å²) in [4.78, 5) is 10.8. The number of carbonyl (C=O) groups is 1. The summed E-state index contributed by atoms with van der Waals surface area (Å²) in [6.45, 7) is 1.22. The van der Waals surface area contributed by atoms with Gasteiger partial charge in [-0.15, -0.1) is 0 Å². The molecule has 1 aliphatic rings. The Bertz CT molecular complexity index is 319. The number of esters is 1. The van der Waals surface area contributed by atoms with E-state index in [1.165, 1.54) is 7.11 Å². The Kier molecular flexibility index (Phi) is 6.29. The van der Waals surface area contributed by atoms with Crippen LogP contribution in [0.4, 0.5) is 0 Å². The molecular formula is C13H18O4. The van der Waals surface area contributed by atoms with Gasteiger partial charge in [0.1, 0.15) is 0 Å². The molecule has 1 saturated heterocycles. The van der Waals surface area contributed by atoms with E-state index in [4.69, 9.17) is 9.84 Å². The average Bonchev–Trinajstić information content (AvgIpc) is 3.21.